The van der Waals surface area contributed by atoms with Crippen LogP contribution in [0.1, 0.15) is 37.9 Å². The number of amides is 1. The molecule has 5 rings (SSSR count). The van der Waals surface area contributed by atoms with Gasteiger partial charge in [0.25, 0.3) is 5.91 Å². The van der Waals surface area contributed by atoms with Crippen molar-refractivity contribution in [2.75, 3.05) is 0 Å². The highest BCUT2D eigenvalue weighted by Crippen LogP contribution is 2.36. The fourth-order valence-electron chi connectivity index (χ4n) is 3.86. The maximum absolute atomic E-state index is 13.1. The van der Waals surface area contributed by atoms with Crippen LogP contribution in [0.3, 0.4) is 0 Å². The van der Waals surface area contributed by atoms with Gasteiger partial charge in [-0.25, -0.2) is 4.39 Å². The molecule has 1 amide bonds. The first-order chi connectivity index (χ1) is 14.6. The molecule has 1 fully saturated rings. The summed E-state index contributed by atoms with van der Waals surface area (Å²) in [5.41, 5.74) is 0.858. The van der Waals surface area contributed by atoms with E-state index in [4.69, 9.17) is 9.83 Å². The summed E-state index contributed by atoms with van der Waals surface area (Å²) in [6, 6.07) is 9.42. The van der Waals surface area contributed by atoms with Gasteiger partial charge in [0.15, 0.2) is 5.84 Å². The van der Waals surface area contributed by atoms with Crippen molar-refractivity contribution in [1.82, 2.24) is 5.01 Å². The van der Waals surface area contributed by atoms with Crippen molar-refractivity contribution in [3.05, 3.63) is 53.5 Å². The molecule has 1 aromatic carbocycles. The van der Waals surface area contributed by atoms with E-state index in [0.717, 1.165) is 23.4 Å². The number of thioether (sulfide) groups is 1. The molecule has 0 saturated heterocycles. The third-order valence-electron chi connectivity index (χ3n) is 5.47. The second-order valence-electron chi connectivity index (χ2n) is 7.50. The van der Waals surface area contributed by atoms with Gasteiger partial charge in [-0.3, -0.25) is 10.2 Å². The van der Waals surface area contributed by atoms with E-state index in [1.54, 1.807) is 24.3 Å². The lowest BCUT2D eigenvalue weighted by molar-refractivity contribution is -0.114. The molecule has 2 aliphatic heterocycles. The zero-order chi connectivity index (χ0) is 20.7. The Labute approximate surface area is 177 Å². The van der Waals surface area contributed by atoms with Crippen molar-refractivity contribution in [2.45, 2.75) is 32.1 Å². The first kappa shape index (κ1) is 19.0. The van der Waals surface area contributed by atoms with Gasteiger partial charge in [0.2, 0.25) is 5.17 Å². The smallest absolute Gasteiger partial charge is 0.283 e. The van der Waals surface area contributed by atoms with Gasteiger partial charge in [-0.2, -0.15) is 15.1 Å². The highest BCUT2D eigenvalue weighted by atomic mass is 32.2. The number of nitrogens with zero attached hydrogens (tertiary/aromatic N) is 3. The molecule has 3 heterocycles. The van der Waals surface area contributed by atoms with Crippen LogP contribution in [0, 0.1) is 17.1 Å². The number of benzene rings is 1. The zero-order valence-electron chi connectivity index (χ0n) is 16.1. The Kier molecular flexibility index (Phi) is 4.86. The normalized spacial score (nSPS) is 21.1. The molecule has 1 aliphatic carbocycles. The number of amidine groups is 2. The fraction of sp³-hybridized carbons (Fsp3) is 0.273. The predicted molar refractivity (Wildman–Crippen MR) is 116 cm³/mol. The molecule has 1 N–H and O–H groups in total. The summed E-state index contributed by atoms with van der Waals surface area (Å²) in [6.07, 6.45) is 7.32. The molecule has 1 aromatic heterocycles. The van der Waals surface area contributed by atoms with Crippen LogP contribution < -0.4 is 0 Å². The Bertz CT molecular complexity index is 1110. The minimum Gasteiger partial charge on any atom is -0.457 e. The van der Waals surface area contributed by atoms with Gasteiger partial charge < -0.3 is 4.42 Å². The number of halogens is 1. The van der Waals surface area contributed by atoms with Crippen LogP contribution in [0.25, 0.3) is 17.4 Å². The summed E-state index contributed by atoms with van der Waals surface area (Å²) in [7, 11) is 0. The quantitative estimate of drug-likeness (QED) is 0.682. The summed E-state index contributed by atoms with van der Waals surface area (Å²) in [5.74, 6) is 0.566. The van der Waals surface area contributed by atoms with Crippen molar-refractivity contribution in [3.63, 3.8) is 0 Å². The third kappa shape index (κ3) is 3.52. The van der Waals surface area contributed by atoms with Crippen molar-refractivity contribution in [3.8, 4) is 11.3 Å². The largest absolute Gasteiger partial charge is 0.457 e. The molecule has 0 bridgehead atoms. The Morgan fingerprint density at radius 1 is 1.13 bits per heavy atom. The minimum atomic E-state index is -0.474. The monoisotopic (exact) mass is 422 g/mol. The molecule has 1 saturated carbocycles. The zero-order valence-corrected chi connectivity index (χ0v) is 16.9. The number of rotatable bonds is 3. The molecular formula is C22H19FN4O2S. The molecule has 0 unspecified atom stereocenters. The fourth-order valence-corrected chi connectivity index (χ4v) is 4.92. The van der Waals surface area contributed by atoms with Gasteiger partial charge >= 0.3 is 0 Å². The topological polar surface area (TPSA) is 82.0 Å². The number of aliphatic imine (C=N–C) groups is 1. The van der Waals surface area contributed by atoms with Gasteiger partial charge in [0.05, 0.1) is 5.57 Å². The van der Waals surface area contributed by atoms with Gasteiger partial charge in [-0.15, -0.1) is 0 Å². The van der Waals surface area contributed by atoms with Crippen molar-refractivity contribution < 1.29 is 13.6 Å². The van der Waals surface area contributed by atoms with E-state index in [1.165, 1.54) is 54.2 Å². The summed E-state index contributed by atoms with van der Waals surface area (Å²) < 4.78 is 18.9. The maximum atomic E-state index is 13.1. The number of nitrogens with one attached hydrogen (secondary N) is 1. The minimum absolute atomic E-state index is 0.00282. The molecule has 2 aromatic rings. The van der Waals surface area contributed by atoms with E-state index in [1.807, 2.05) is 0 Å². The van der Waals surface area contributed by atoms with Gasteiger partial charge in [-0.05, 0) is 67.1 Å². The SMILES string of the molecule is N=C1/C(=C\c2ccc(-c3ccc(F)cc3)o2)C(=O)N=C2SC(C3CCCCC3)=NN12. The van der Waals surface area contributed by atoms with E-state index in [-0.39, 0.29) is 17.2 Å². The Balaban J connectivity index is 1.40. The summed E-state index contributed by atoms with van der Waals surface area (Å²) in [6.45, 7) is 0. The second kappa shape index (κ2) is 7.68. The van der Waals surface area contributed by atoms with Crippen LogP contribution in [0.2, 0.25) is 0 Å². The molecule has 152 valence electrons. The van der Waals surface area contributed by atoms with Gasteiger partial charge in [-0.1, -0.05) is 19.3 Å². The number of carbonyl (C=O) groups excluding carboxylic acids is 1. The molecular weight excluding hydrogens is 403 g/mol. The van der Waals surface area contributed by atoms with Gasteiger partial charge in [0, 0.05) is 11.5 Å². The first-order valence-electron chi connectivity index (χ1n) is 9.94. The number of fused-ring (bicyclic) bond motifs is 1. The van der Waals surface area contributed by atoms with E-state index in [2.05, 4.69) is 10.1 Å². The van der Waals surface area contributed by atoms with Crippen LogP contribution in [0.15, 0.2) is 56.5 Å². The second-order valence-corrected chi connectivity index (χ2v) is 8.49. The molecule has 0 atom stereocenters. The van der Waals surface area contributed by atoms with E-state index < -0.39 is 5.91 Å². The number of hydrogen-bond acceptors (Lipinski definition) is 5. The Hall–Kier alpha value is -3.00. The van der Waals surface area contributed by atoms with Crippen LogP contribution in [-0.2, 0) is 4.79 Å². The Morgan fingerprint density at radius 3 is 2.67 bits per heavy atom. The highest BCUT2D eigenvalue weighted by molar-refractivity contribution is 8.27. The van der Waals surface area contributed by atoms with Crippen LogP contribution in [-0.4, -0.2) is 27.0 Å². The maximum Gasteiger partial charge on any atom is 0.283 e. The summed E-state index contributed by atoms with van der Waals surface area (Å²) >= 11 is 1.40. The number of hydrogen-bond donors (Lipinski definition) is 1. The lowest BCUT2D eigenvalue weighted by Crippen LogP contribution is -2.35. The molecule has 6 nitrogen and oxygen atoms in total. The molecule has 3 aliphatic rings. The molecule has 8 heteroatoms. The van der Waals surface area contributed by atoms with E-state index in [9.17, 15) is 9.18 Å². The van der Waals surface area contributed by atoms with Crippen LogP contribution >= 0.6 is 11.8 Å². The average molecular weight is 422 g/mol. The molecule has 0 radical (unpaired) electrons. The average Bonchev–Trinajstić information content (AvgIpc) is 3.40. The summed E-state index contributed by atoms with van der Waals surface area (Å²) in [5, 5.41) is 16.0. The summed E-state index contributed by atoms with van der Waals surface area (Å²) in [4.78, 5) is 16.7. The lowest BCUT2D eigenvalue weighted by Gasteiger charge is -2.20. The van der Waals surface area contributed by atoms with Crippen molar-refractivity contribution in [1.29, 1.82) is 5.41 Å². The standard InChI is InChI=1S/C22H19FN4O2S/c23-15-8-6-13(7-9-15)18-11-10-16(29-18)12-17-19(24)27-22(25-20(17)28)30-21(26-27)14-4-2-1-3-5-14/h6-12,14,24H,1-5H2/b17-12+,24-19?. The Morgan fingerprint density at radius 2 is 1.90 bits per heavy atom. The predicted octanol–water partition coefficient (Wildman–Crippen LogP) is 5.29. The van der Waals surface area contributed by atoms with Crippen LogP contribution in [0.5, 0.6) is 0 Å². The van der Waals surface area contributed by atoms with Crippen molar-refractivity contribution >= 4 is 39.8 Å². The third-order valence-corrected chi connectivity index (χ3v) is 6.54. The first-order valence-corrected chi connectivity index (χ1v) is 10.8. The van der Waals surface area contributed by atoms with Gasteiger partial charge in [0.1, 0.15) is 22.4 Å². The number of carbonyl (C=O) groups is 1. The van der Waals surface area contributed by atoms with Crippen molar-refractivity contribution in [2.24, 2.45) is 16.0 Å². The number of hydrazone groups is 1. The molecule has 0 spiro atoms. The molecule has 30 heavy (non-hydrogen) atoms. The highest BCUT2D eigenvalue weighted by Gasteiger charge is 2.38. The van der Waals surface area contributed by atoms with E-state index >= 15 is 0 Å². The number of furan rings is 1. The lowest BCUT2D eigenvalue weighted by atomic mass is 9.90. The van der Waals surface area contributed by atoms with E-state index in [0.29, 0.717) is 22.6 Å². The van der Waals surface area contributed by atoms with Crippen LogP contribution in [0.4, 0.5) is 4.39 Å².